The number of likely N-dealkylation sites (tertiary alicyclic amines) is 1. The Bertz CT molecular complexity index is 154. The van der Waals surface area contributed by atoms with Gasteiger partial charge in [0.2, 0.25) is 0 Å². The van der Waals surface area contributed by atoms with Crippen molar-refractivity contribution in [3.05, 3.63) is 11.6 Å². The fourth-order valence-corrected chi connectivity index (χ4v) is 1.62. The number of nitrogens with zero attached hydrogens (tertiary/aromatic N) is 1. The smallest absolute Gasteiger partial charge is 0.0465 e. The summed E-state index contributed by atoms with van der Waals surface area (Å²) in [4.78, 5) is 2.37. The minimum absolute atomic E-state index is 0.291. The van der Waals surface area contributed by atoms with Gasteiger partial charge < -0.3 is 10.0 Å². The van der Waals surface area contributed by atoms with Crippen LogP contribution in [0.2, 0.25) is 0 Å². The highest BCUT2D eigenvalue weighted by atomic mass is 16.2. The third-order valence-corrected chi connectivity index (χ3v) is 2.41. The van der Waals surface area contributed by atoms with E-state index in [1.807, 2.05) is 0 Å². The molecule has 0 unspecified atom stereocenters. The predicted molar refractivity (Wildman–Crippen MR) is 51.1 cm³/mol. The molecule has 1 saturated heterocycles. The molecule has 1 heterocycles. The van der Waals surface area contributed by atoms with Crippen molar-refractivity contribution < 1.29 is 5.11 Å². The monoisotopic (exact) mass is 169 g/mol. The molecule has 12 heavy (non-hydrogen) atoms. The van der Waals surface area contributed by atoms with Crippen molar-refractivity contribution in [2.75, 3.05) is 26.7 Å². The van der Waals surface area contributed by atoms with Crippen LogP contribution in [0.1, 0.15) is 25.7 Å². The van der Waals surface area contributed by atoms with Crippen molar-refractivity contribution in [1.82, 2.24) is 4.90 Å². The maximum Gasteiger partial charge on any atom is 0.0465 e. The second-order valence-corrected chi connectivity index (χ2v) is 3.53. The van der Waals surface area contributed by atoms with E-state index in [2.05, 4.69) is 18.0 Å². The molecule has 2 nitrogen and oxygen atoms in total. The first-order chi connectivity index (χ1) is 5.83. The van der Waals surface area contributed by atoms with Crippen LogP contribution in [0.15, 0.2) is 11.6 Å². The van der Waals surface area contributed by atoms with Crippen LogP contribution in [0.5, 0.6) is 0 Å². The number of aliphatic hydroxyl groups excluding tert-OH is 1. The average Bonchev–Trinajstić information content (AvgIpc) is 2.27. The number of rotatable bonds is 2. The van der Waals surface area contributed by atoms with Gasteiger partial charge in [0.15, 0.2) is 0 Å². The Labute approximate surface area is 74.9 Å². The minimum Gasteiger partial charge on any atom is -0.396 e. The van der Waals surface area contributed by atoms with E-state index in [4.69, 9.17) is 5.11 Å². The Morgan fingerprint density at radius 1 is 1.42 bits per heavy atom. The van der Waals surface area contributed by atoms with Gasteiger partial charge in [0.05, 0.1) is 0 Å². The Hall–Kier alpha value is -0.340. The van der Waals surface area contributed by atoms with Gasteiger partial charge in [-0.1, -0.05) is 11.6 Å². The van der Waals surface area contributed by atoms with E-state index in [9.17, 15) is 0 Å². The lowest BCUT2D eigenvalue weighted by Crippen LogP contribution is -2.18. The maximum atomic E-state index is 8.66. The normalized spacial score (nSPS) is 24.3. The molecule has 0 spiro atoms. The van der Waals surface area contributed by atoms with Crippen LogP contribution in [-0.2, 0) is 0 Å². The van der Waals surface area contributed by atoms with Gasteiger partial charge in [0.25, 0.3) is 0 Å². The first-order valence-electron chi connectivity index (χ1n) is 4.80. The van der Waals surface area contributed by atoms with Crippen LogP contribution in [0.25, 0.3) is 0 Å². The van der Waals surface area contributed by atoms with Crippen molar-refractivity contribution >= 4 is 0 Å². The molecular weight excluding hydrogens is 150 g/mol. The molecule has 2 heteroatoms. The Balaban J connectivity index is 2.35. The number of hydrogen-bond acceptors (Lipinski definition) is 2. The minimum atomic E-state index is 0.291. The van der Waals surface area contributed by atoms with Crippen LogP contribution < -0.4 is 0 Å². The largest absolute Gasteiger partial charge is 0.396 e. The third-order valence-electron chi connectivity index (χ3n) is 2.41. The zero-order chi connectivity index (χ0) is 8.81. The Morgan fingerprint density at radius 3 is 3.00 bits per heavy atom. The summed E-state index contributed by atoms with van der Waals surface area (Å²) in [7, 11) is 2.18. The van der Waals surface area contributed by atoms with Crippen molar-refractivity contribution in [2.45, 2.75) is 25.7 Å². The highest BCUT2D eigenvalue weighted by molar-refractivity contribution is 5.03. The van der Waals surface area contributed by atoms with Gasteiger partial charge in [-0.05, 0) is 39.3 Å². The molecule has 0 aromatic carbocycles. The summed E-state index contributed by atoms with van der Waals surface area (Å²) in [5.74, 6) is 0. The van der Waals surface area contributed by atoms with E-state index in [0.717, 1.165) is 6.42 Å². The molecule has 0 bridgehead atoms. The maximum absolute atomic E-state index is 8.66. The van der Waals surface area contributed by atoms with Crippen molar-refractivity contribution in [1.29, 1.82) is 0 Å². The van der Waals surface area contributed by atoms with Crippen molar-refractivity contribution in [3.63, 3.8) is 0 Å². The molecule has 0 aromatic heterocycles. The highest BCUT2D eigenvalue weighted by Gasteiger charge is 2.06. The topological polar surface area (TPSA) is 23.5 Å². The van der Waals surface area contributed by atoms with Gasteiger partial charge in [-0.3, -0.25) is 0 Å². The molecule has 1 aliphatic heterocycles. The highest BCUT2D eigenvalue weighted by Crippen LogP contribution is 2.15. The summed E-state index contributed by atoms with van der Waals surface area (Å²) in [6.45, 7) is 2.69. The molecule has 0 amide bonds. The second kappa shape index (κ2) is 5.33. The molecule has 70 valence electrons. The summed E-state index contributed by atoms with van der Waals surface area (Å²) >= 11 is 0. The van der Waals surface area contributed by atoms with E-state index < -0.39 is 0 Å². The molecule has 0 radical (unpaired) electrons. The molecule has 0 aliphatic carbocycles. The van der Waals surface area contributed by atoms with Gasteiger partial charge in [-0.2, -0.15) is 0 Å². The van der Waals surface area contributed by atoms with Crippen LogP contribution in [0, 0.1) is 0 Å². The summed E-state index contributed by atoms with van der Waals surface area (Å²) in [5.41, 5.74) is 1.54. The molecule has 0 aromatic rings. The first-order valence-corrected chi connectivity index (χ1v) is 4.80. The van der Waals surface area contributed by atoms with E-state index in [1.54, 1.807) is 0 Å². The van der Waals surface area contributed by atoms with Crippen LogP contribution in [0.4, 0.5) is 0 Å². The first kappa shape index (κ1) is 9.75. The molecule has 1 aliphatic rings. The fraction of sp³-hybridized carbons (Fsp3) is 0.800. The SMILES string of the molecule is CN1CCC/C(=C/CCO)CC1. The lowest BCUT2D eigenvalue weighted by molar-refractivity contribution is 0.302. The van der Waals surface area contributed by atoms with Crippen molar-refractivity contribution in [2.24, 2.45) is 0 Å². The van der Waals surface area contributed by atoms with Gasteiger partial charge in [0.1, 0.15) is 0 Å². The third kappa shape index (κ3) is 3.37. The summed E-state index contributed by atoms with van der Waals surface area (Å²) < 4.78 is 0. The Kier molecular flexibility index (Phi) is 4.33. The molecule has 1 rings (SSSR count). The molecule has 0 saturated carbocycles. The number of aliphatic hydroxyl groups is 1. The Morgan fingerprint density at radius 2 is 2.25 bits per heavy atom. The fourth-order valence-electron chi connectivity index (χ4n) is 1.62. The quantitative estimate of drug-likeness (QED) is 0.632. The average molecular weight is 169 g/mol. The van der Waals surface area contributed by atoms with Gasteiger partial charge in [-0.15, -0.1) is 0 Å². The second-order valence-electron chi connectivity index (χ2n) is 3.53. The zero-order valence-corrected chi connectivity index (χ0v) is 7.92. The summed E-state index contributed by atoms with van der Waals surface area (Å²) in [6.07, 6.45) is 6.73. The van der Waals surface area contributed by atoms with Crippen molar-refractivity contribution in [3.8, 4) is 0 Å². The lowest BCUT2D eigenvalue weighted by Gasteiger charge is -2.10. The van der Waals surface area contributed by atoms with Crippen LogP contribution >= 0.6 is 0 Å². The molecular formula is C10H19NO. The summed E-state index contributed by atoms with van der Waals surface area (Å²) in [6, 6.07) is 0. The predicted octanol–water partition coefficient (Wildman–Crippen LogP) is 1.41. The zero-order valence-electron chi connectivity index (χ0n) is 7.92. The van der Waals surface area contributed by atoms with Gasteiger partial charge in [0, 0.05) is 13.2 Å². The van der Waals surface area contributed by atoms with Gasteiger partial charge in [-0.25, -0.2) is 0 Å². The van der Waals surface area contributed by atoms with Crippen LogP contribution in [0.3, 0.4) is 0 Å². The van der Waals surface area contributed by atoms with E-state index in [1.165, 1.54) is 37.9 Å². The van der Waals surface area contributed by atoms with Crippen LogP contribution in [-0.4, -0.2) is 36.8 Å². The lowest BCUT2D eigenvalue weighted by atomic mass is 10.1. The van der Waals surface area contributed by atoms with Gasteiger partial charge >= 0.3 is 0 Å². The number of hydrogen-bond donors (Lipinski definition) is 1. The van der Waals surface area contributed by atoms with E-state index >= 15 is 0 Å². The molecule has 1 fully saturated rings. The summed E-state index contributed by atoms with van der Waals surface area (Å²) in [5, 5.41) is 8.66. The molecule has 1 N–H and O–H groups in total. The van der Waals surface area contributed by atoms with E-state index in [-0.39, 0.29) is 0 Å². The molecule has 0 atom stereocenters. The van der Waals surface area contributed by atoms with E-state index in [0.29, 0.717) is 6.61 Å². The standard InChI is InChI=1S/C10H19NO/c1-11-7-2-4-10(6-8-11)5-3-9-12/h5,12H,2-4,6-9H2,1H3/b10-5-.